The van der Waals surface area contributed by atoms with Gasteiger partial charge in [-0.15, -0.1) is 35.3 Å². The summed E-state index contributed by atoms with van der Waals surface area (Å²) in [5.74, 6) is 2.83. The minimum Gasteiger partial charge on any atom is -0.486 e. The van der Waals surface area contributed by atoms with Gasteiger partial charge in [-0.05, 0) is 12.1 Å². The molecule has 0 spiro atoms. The Morgan fingerprint density at radius 1 is 1.30 bits per heavy atom. The molecule has 0 radical (unpaired) electrons. The van der Waals surface area contributed by atoms with E-state index in [-0.39, 0.29) is 30.1 Å². The van der Waals surface area contributed by atoms with Gasteiger partial charge < -0.3 is 20.1 Å². The topological polar surface area (TPSA) is 67.8 Å². The number of thiazole rings is 1. The minimum atomic E-state index is -0.0457. The molecule has 2 aromatic rings. The molecule has 0 saturated heterocycles. The van der Waals surface area contributed by atoms with Crippen molar-refractivity contribution in [2.24, 2.45) is 4.99 Å². The molecule has 148 valence electrons. The van der Waals surface area contributed by atoms with Crippen molar-refractivity contribution in [1.82, 2.24) is 15.6 Å². The van der Waals surface area contributed by atoms with Crippen molar-refractivity contribution in [1.29, 1.82) is 0 Å². The second-order valence-corrected chi connectivity index (χ2v) is 7.35. The van der Waals surface area contributed by atoms with Crippen LogP contribution in [-0.4, -0.2) is 43.8 Å². The molecule has 0 aliphatic carbocycles. The van der Waals surface area contributed by atoms with Crippen LogP contribution in [0.15, 0.2) is 34.6 Å². The third kappa shape index (κ3) is 6.24. The van der Waals surface area contributed by atoms with Gasteiger partial charge in [0.1, 0.15) is 12.7 Å². The van der Waals surface area contributed by atoms with Crippen molar-refractivity contribution in [3.8, 4) is 11.5 Å². The van der Waals surface area contributed by atoms with Gasteiger partial charge in [-0.1, -0.05) is 26.0 Å². The molecule has 6 nitrogen and oxygen atoms in total. The largest absolute Gasteiger partial charge is 0.486 e. The molecule has 1 aromatic heterocycles. The summed E-state index contributed by atoms with van der Waals surface area (Å²) >= 11 is 1.73. The monoisotopic (exact) mass is 502 g/mol. The maximum absolute atomic E-state index is 5.95. The van der Waals surface area contributed by atoms with Gasteiger partial charge in [-0.2, -0.15) is 0 Å². The summed E-state index contributed by atoms with van der Waals surface area (Å²) in [7, 11) is 1.77. The fraction of sp³-hybridized carbons (Fsp3) is 0.474. The van der Waals surface area contributed by atoms with E-state index in [4.69, 9.17) is 9.47 Å². The highest BCUT2D eigenvalue weighted by molar-refractivity contribution is 14.0. The van der Waals surface area contributed by atoms with Crippen molar-refractivity contribution in [2.45, 2.75) is 32.3 Å². The van der Waals surface area contributed by atoms with Crippen LogP contribution in [-0.2, 0) is 6.42 Å². The van der Waals surface area contributed by atoms with E-state index in [0.717, 1.165) is 36.1 Å². The number of benzene rings is 1. The number of guanidine groups is 1. The number of aliphatic imine (C=N–C) groups is 1. The van der Waals surface area contributed by atoms with Crippen molar-refractivity contribution in [2.75, 3.05) is 26.7 Å². The summed E-state index contributed by atoms with van der Waals surface area (Å²) in [4.78, 5) is 8.92. The molecule has 0 fully saturated rings. The first-order valence-corrected chi connectivity index (χ1v) is 9.81. The lowest BCUT2D eigenvalue weighted by Crippen LogP contribution is -2.45. The minimum absolute atomic E-state index is 0. The first-order chi connectivity index (χ1) is 12.7. The van der Waals surface area contributed by atoms with Crippen molar-refractivity contribution in [3.63, 3.8) is 0 Å². The second-order valence-electron chi connectivity index (χ2n) is 6.46. The van der Waals surface area contributed by atoms with E-state index in [1.165, 1.54) is 5.01 Å². The lowest BCUT2D eigenvalue weighted by Gasteiger charge is -2.27. The Bertz CT molecular complexity index is 751. The Kier molecular flexibility index (Phi) is 8.62. The lowest BCUT2D eigenvalue weighted by molar-refractivity contribution is 0.0936. The zero-order valence-corrected chi connectivity index (χ0v) is 19.0. The average Bonchev–Trinajstić information content (AvgIpc) is 3.13. The number of ether oxygens (including phenoxy) is 2. The van der Waals surface area contributed by atoms with Crippen LogP contribution < -0.4 is 20.1 Å². The summed E-state index contributed by atoms with van der Waals surface area (Å²) in [6.45, 7) is 6.27. The van der Waals surface area contributed by atoms with E-state index < -0.39 is 0 Å². The summed E-state index contributed by atoms with van der Waals surface area (Å²) in [5.41, 5.74) is 1.13. The molecule has 0 bridgehead atoms. The molecule has 1 aromatic carbocycles. The van der Waals surface area contributed by atoms with Gasteiger partial charge >= 0.3 is 0 Å². The number of nitrogens with zero attached hydrogens (tertiary/aromatic N) is 2. The third-order valence-electron chi connectivity index (χ3n) is 4.03. The molecule has 0 amide bonds. The highest BCUT2D eigenvalue weighted by Crippen LogP contribution is 2.30. The molecule has 2 N–H and O–H groups in total. The van der Waals surface area contributed by atoms with Crippen LogP contribution in [0.3, 0.4) is 0 Å². The fourth-order valence-corrected chi connectivity index (χ4v) is 3.48. The van der Waals surface area contributed by atoms with E-state index in [2.05, 4.69) is 39.8 Å². The Morgan fingerprint density at radius 3 is 2.78 bits per heavy atom. The number of hydrogen-bond donors (Lipinski definition) is 2. The predicted molar refractivity (Wildman–Crippen MR) is 121 cm³/mol. The predicted octanol–water partition coefficient (Wildman–Crippen LogP) is 3.43. The standard InChI is InChI=1S/C19H26N4O2S.HI/c1-13(2)18-23-14(12-26-18)8-9-21-19(20-3)22-10-15-11-24-16-6-4-5-7-17(16)25-15;/h4-7,12-13,15H,8-11H2,1-3H3,(H2,20,21,22);1H. The van der Waals surface area contributed by atoms with Gasteiger partial charge in [-0.25, -0.2) is 4.98 Å². The van der Waals surface area contributed by atoms with E-state index in [1.54, 1.807) is 18.4 Å². The summed E-state index contributed by atoms with van der Waals surface area (Å²) in [5, 5.41) is 9.95. The SMILES string of the molecule is CN=C(NCCc1csc(C(C)C)n1)NCC1COc2ccccc2O1.I. The van der Waals surface area contributed by atoms with Crippen LogP contribution in [0.25, 0.3) is 0 Å². The van der Waals surface area contributed by atoms with Crippen LogP contribution in [0, 0.1) is 0 Å². The summed E-state index contributed by atoms with van der Waals surface area (Å²) < 4.78 is 11.7. The van der Waals surface area contributed by atoms with Crippen LogP contribution in [0.4, 0.5) is 0 Å². The molecule has 2 heterocycles. The molecule has 0 saturated carbocycles. The molecule has 1 atom stereocenters. The zero-order valence-electron chi connectivity index (χ0n) is 15.9. The highest BCUT2D eigenvalue weighted by atomic mass is 127. The lowest BCUT2D eigenvalue weighted by atomic mass is 10.2. The molecule has 1 unspecified atom stereocenters. The Morgan fingerprint density at radius 2 is 2.07 bits per heavy atom. The van der Waals surface area contributed by atoms with Gasteiger partial charge in [-0.3, -0.25) is 4.99 Å². The maximum Gasteiger partial charge on any atom is 0.191 e. The van der Waals surface area contributed by atoms with Crippen molar-refractivity contribution < 1.29 is 9.47 Å². The molecule has 8 heteroatoms. The quantitative estimate of drug-likeness (QED) is 0.360. The fourth-order valence-electron chi connectivity index (χ4n) is 2.61. The van der Waals surface area contributed by atoms with Gasteiger partial charge in [0.05, 0.1) is 17.2 Å². The number of nitrogens with one attached hydrogen (secondary N) is 2. The second kappa shape index (κ2) is 10.7. The normalized spacial score (nSPS) is 16.0. The zero-order chi connectivity index (χ0) is 18.4. The van der Waals surface area contributed by atoms with Gasteiger partial charge in [0.15, 0.2) is 17.5 Å². The van der Waals surface area contributed by atoms with Crippen LogP contribution in [0.1, 0.15) is 30.5 Å². The van der Waals surface area contributed by atoms with E-state index in [1.807, 2.05) is 24.3 Å². The first-order valence-electron chi connectivity index (χ1n) is 8.93. The molecule has 1 aliphatic rings. The first kappa shape index (κ1) is 21.7. The smallest absolute Gasteiger partial charge is 0.191 e. The van der Waals surface area contributed by atoms with Gasteiger partial charge in [0, 0.05) is 31.3 Å². The van der Waals surface area contributed by atoms with Crippen LogP contribution in [0.5, 0.6) is 11.5 Å². The molecule has 3 rings (SSSR count). The number of fused-ring (bicyclic) bond motifs is 1. The number of hydrogen-bond acceptors (Lipinski definition) is 5. The average molecular weight is 502 g/mol. The number of para-hydroxylation sites is 2. The van der Waals surface area contributed by atoms with Crippen LogP contribution >= 0.6 is 35.3 Å². The van der Waals surface area contributed by atoms with E-state index in [9.17, 15) is 0 Å². The van der Waals surface area contributed by atoms with Crippen LogP contribution in [0.2, 0.25) is 0 Å². The Labute approximate surface area is 181 Å². The molecule has 1 aliphatic heterocycles. The Balaban J connectivity index is 0.00000261. The highest BCUT2D eigenvalue weighted by Gasteiger charge is 2.20. The third-order valence-corrected chi connectivity index (χ3v) is 5.22. The molecule has 27 heavy (non-hydrogen) atoms. The number of rotatable bonds is 6. The maximum atomic E-state index is 5.95. The van der Waals surface area contributed by atoms with E-state index >= 15 is 0 Å². The van der Waals surface area contributed by atoms with Crippen molar-refractivity contribution >= 4 is 41.3 Å². The summed E-state index contributed by atoms with van der Waals surface area (Å²) in [6.07, 6.45) is 0.830. The van der Waals surface area contributed by atoms with Gasteiger partial charge in [0.25, 0.3) is 0 Å². The Hall–Kier alpha value is -1.55. The molecular weight excluding hydrogens is 475 g/mol. The van der Waals surface area contributed by atoms with Crippen molar-refractivity contribution in [3.05, 3.63) is 40.3 Å². The van der Waals surface area contributed by atoms with Gasteiger partial charge in [0.2, 0.25) is 0 Å². The number of aromatic nitrogens is 1. The summed E-state index contributed by atoms with van der Waals surface area (Å²) in [6, 6.07) is 7.73. The number of halogens is 1. The molecular formula is C19H27IN4O2S. The van der Waals surface area contributed by atoms with E-state index in [0.29, 0.717) is 19.1 Å².